The smallest absolute Gasteiger partial charge is 0.306 e. The van der Waals surface area contributed by atoms with Gasteiger partial charge in [0.2, 0.25) is 0 Å². The predicted molar refractivity (Wildman–Crippen MR) is 63.8 cm³/mol. The third-order valence-electron chi connectivity index (χ3n) is 2.58. The van der Waals surface area contributed by atoms with Crippen LogP contribution in [0.2, 0.25) is 0 Å². The van der Waals surface area contributed by atoms with Gasteiger partial charge in [-0.25, -0.2) is 0 Å². The van der Waals surface area contributed by atoms with Gasteiger partial charge in [-0.15, -0.1) is 0 Å². The van der Waals surface area contributed by atoms with Crippen LogP contribution in [-0.2, 0) is 9.53 Å². The third kappa shape index (κ3) is 9.77. The minimum atomic E-state index is -0.0209. The monoisotopic (exact) mass is 214 g/mol. The van der Waals surface area contributed by atoms with Crippen molar-refractivity contribution in [3.05, 3.63) is 0 Å². The van der Waals surface area contributed by atoms with Gasteiger partial charge < -0.3 is 4.74 Å². The van der Waals surface area contributed by atoms with E-state index in [0.29, 0.717) is 18.9 Å². The Balaban J connectivity index is 3.40. The lowest BCUT2D eigenvalue weighted by Crippen LogP contribution is -2.10. The Morgan fingerprint density at radius 2 is 1.80 bits per heavy atom. The maximum Gasteiger partial charge on any atom is 0.306 e. The van der Waals surface area contributed by atoms with Crippen LogP contribution in [0.15, 0.2) is 0 Å². The molecule has 2 nitrogen and oxygen atoms in total. The van der Waals surface area contributed by atoms with Crippen molar-refractivity contribution in [2.24, 2.45) is 5.92 Å². The zero-order chi connectivity index (χ0) is 11.5. The van der Waals surface area contributed by atoms with Crippen LogP contribution in [0.1, 0.15) is 65.7 Å². The Labute approximate surface area is 94.4 Å². The zero-order valence-electron chi connectivity index (χ0n) is 10.6. The van der Waals surface area contributed by atoms with Crippen LogP contribution in [-0.4, -0.2) is 12.6 Å². The van der Waals surface area contributed by atoms with Gasteiger partial charge in [-0.2, -0.15) is 0 Å². The molecule has 0 saturated heterocycles. The largest absolute Gasteiger partial charge is 0.466 e. The average Bonchev–Trinajstić information content (AvgIpc) is 2.18. The quantitative estimate of drug-likeness (QED) is 0.429. The number of carbonyl (C=O) groups excluding carboxylic acids is 1. The molecule has 0 bridgehead atoms. The van der Waals surface area contributed by atoms with Gasteiger partial charge in [-0.1, -0.05) is 52.9 Å². The molecule has 0 N–H and O–H groups in total. The van der Waals surface area contributed by atoms with Gasteiger partial charge in [0.25, 0.3) is 0 Å². The maximum absolute atomic E-state index is 11.3. The van der Waals surface area contributed by atoms with Crippen molar-refractivity contribution < 1.29 is 9.53 Å². The molecular weight excluding hydrogens is 188 g/mol. The minimum Gasteiger partial charge on any atom is -0.466 e. The van der Waals surface area contributed by atoms with E-state index >= 15 is 0 Å². The van der Waals surface area contributed by atoms with E-state index in [2.05, 4.69) is 20.8 Å². The summed E-state index contributed by atoms with van der Waals surface area (Å²) in [5.41, 5.74) is 0. The highest BCUT2D eigenvalue weighted by Crippen LogP contribution is 2.13. The van der Waals surface area contributed by atoms with Crippen molar-refractivity contribution in [1.82, 2.24) is 0 Å². The van der Waals surface area contributed by atoms with Crippen molar-refractivity contribution in [3.63, 3.8) is 0 Å². The molecule has 0 fully saturated rings. The molecule has 1 atom stereocenters. The fraction of sp³-hybridized carbons (Fsp3) is 0.923. The summed E-state index contributed by atoms with van der Waals surface area (Å²) in [5, 5.41) is 0. The van der Waals surface area contributed by atoms with Gasteiger partial charge in [-0.05, 0) is 12.3 Å². The first-order valence-electron chi connectivity index (χ1n) is 6.36. The summed E-state index contributed by atoms with van der Waals surface area (Å²) < 4.78 is 5.12. The number of unbranched alkanes of at least 4 members (excludes halogenated alkanes) is 3. The van der Waals surface area contributed by atoms with E-state index < -0.39 is 0 Å². The Hall–Kier alpha value is -0.530. The first-order valence-corrected chi connectivity index (χ1v) is 6.36. The zero-order valence-corrected chi connectivity index (χ0v) is 10.6. The van der Waals surface area contributed by atoms with Crippen molar-refractivity contribution >= 4 is 5.97 Å². The van der Waals surface area contributed by atoms with Crippen LogP contribution in [0.4, 0.5) is 0 Å². The lowest BCUT2D eigenvalue weighted by atomic mass is 10.0. The molecular formula is C13H26O2. The van der Waals surface area contributed by atoms with Crippen LogP contribution in [0, 0.1) is 5.92 Å². The first kappa shape index (κ1) is 14.5. The van der Waals surface area contributed by atoms with Crippen molar-refractivity contribution in [3.8, 4) is 0 Å². The lowest BCUT2D eigenvalue weighted by Gasteiger charge is -2.10. The van der Waals surface area contributed by atoms with Gasteiger partial charge in [0.15, 0.2) is 0 Å². The Kier molecular flexibility index (Phi) is 9.65. The van der Waals surface area contributed by atoms with Gasteiger partial charge in [-0.3, -0.25) is 4.79 Å². The van der Waals surface area contributed by atoms with Crippen molar-refractivity contribution in [1.29, 1.82) is 0 Å². The highest BCUT2D eigenvalue weighted by Gasteiger charge is 2.09. The molecule has 0 aliphatic carbocycles. The highest BCUT2D eigenvalue weighted by atomic mass is 16.5. The van der Waals surface area contributed by atoms with E-state index in [1.807, 2.05) is 0 Å². The van der Waals surface area contributed by atoms with E-state index in [9.17, 15) is 4.79 Å². The maximum atomic E-state index is 11.3. The number of rotatable bonds is 9. The molecule has 0 rings (SSSR count). The van der Waals surface area contributed by atoms with Crippen LogP contribution in [0.5, 0.6) is 0 Å². The molecule has 0 amide bonds. The van der Waals surface area contributed by atoms with Crippen molar-refractivity contribution in [2.75, 3.05) is 6.61 Å². The summed E-state index contributed by atoms with van der Waals surface area (Å²) in [7, 11) is 0. The number of carbonyl (C=O) groups is 1. The van der Waals surface area contributed by atoms with Gasteiger partial charge in [0, 0.05) is 6.42 Å². The molecule has 0 saturated carbocycles. The summed E-state index contributed by atoms with van der Waals surface area (Å²) in [6, 6.07) is 0. The summed E-state index contributed by atoms with van der Waals surface area (Å²) >= 11 is 0. The molecule has 0 unspecified atom stereocenters. The molecule has 2 heteroatoms. The van der Waals surface area contributed by atoms with E-state index in [0.717, 1.165) is 19.3 Å². The second-order valence-electron chi connectivity index (χ2n) is 4.38. The topological polar surface area (TPSA) is 26.3 Å². The lowest BCUT2D eigenvalue weighted by molar-refractivity contribution is -0.144. The highest BCUT2D eigenvalue weighted by molar-refractivity contribution is 5.69. The second-order valence-corrected chi connectivity index (χ2v) is 4.38. The molecule has 0 aromatic heterocycles. The minimum absolute atomic E-state index is 0.0209. The van der Waals surface area contributed by atoms with E-state index in [1.54, 1.807) is 0 Å². The van der Waals surface area contributed by atoms with Crippen molar-refractivity contribution in [2.45, 2.75) is 65.7 Å². The molecule has 0 aliphatic rings. The van der Waals surface area contributed by atoms with Gasteiger partial charge >= 0.3 is 5.97 Å². The molecule has 0 aromatic carbocycles. The Morgan fingerprint density at radius 1 is 1.13 bits per heavy atom. The Bertz CT molecular complexity index is 155. The molecule has 15 heavy (non-hydrogen) atoms. The number of hydrogen-bond donors (Lipinski definition) is 0. The molecule has 0 spiro atoms. The fourth-order valence-corrected chi connectivity index (χ4v) is 1.52. The Morgan fingerprint density at radius 3 is 2.40 bits per heavy atom. The van der Waals surface area contributed by atoms with Crippen LogP contribution in [0.25, 0.3) is 0 Å². The standard InChI is InChI=1S/C13H26O2/c1-4-6-8-9-12(3)11-13(14)15-10-7-5-2/h12H,4-11H2,1-3H3/t12-/m1/s1. The number of ether oxygens (including phenoxy) is 1. The first-order chi connectivity index (χ1) is 7.20. The van der Waals surface area contributed by atoms with Crippen LogP contribution in [0.3, 0.4) is 0 Å². The molecule has 0 aliphatic heterocycles. The molecule has 0 heterocycles. The normalized spacial score (nSPS) is 12.5. The summed E-state index contributed by atoms with van der Waals surface area (Å²) in [6.07, 6.45) is 7.56. The molecule has 0 aromatic rings. The van der Waals surface area contributed by atoms with E-state index in [4.69, 9.17) is 4.74 Å². The predicted octanol–water partition coefficient (Wildman–Crippen LogP) is 3.94. The van der Waals surface area contributed by atoms with E-state index in [1.165, 1.54) is 19.3 Å². The average molecular weight is 214 g/mol. The molecule has 90 valence electrons. The summed E-state index contributed by atoms with van der Waals surface area (Å²) in [4.78, 5) is 11.3. The third-order valence-corrected chi connectivity index (χ3v) is 2.58. The number of hydrogen-bond acceptors (Lipinski definition) is 2. The van der Waals surface area contributed by atoms with Gasteiger partial charge in [0.1, 0.15) is 0 Å². The molecule has 0 radical (unpaired) electrons. The van der Waals surface area contributed by atoms with E-state index in [-0.39, 0.29) is 5.97 Å². The SMILES string of the molecule is CCCCC[C@@H](C)CC(=O)OCCCC. The summed E-state index contributed by atoms with van der Waals surface area (Å²) in [5.74, 6) is 0.457. The number of esters is 1. The van der Waals surface area contributed by atoms with Crippen LogP contribution >= 0.6 is 0 Å². The second kappa shape index (κ2) is 10.0. The van der Waals surface area contributed by atoms with Gasteiger partial charge in [0.05, 0.1) is 6.61 Å². The summed E-state index contributed by atoms with van der Waals surface area (Å²) in [6.45, 7) is 7.03. The van der Waals surface area contributed by atoms with Crippen LogP contribution < -0.4 is 0 Å². The fourth-order valence-electron chi connectivity index (χ4n) is 1.52.